The fourth-order valence-electron chi connectivity index (χ4n) is 2.33. The summed E-state index contributed by atoms with van der Waals surface area (Å²) >= 11 is 6.09. The molecule has 0 spiro atoms. The Balaban J connectivity index is 1.99. The van der Waals surface area contributed by atoms with Crippen molar-refractivity contribution in [3.05, 3.63) is 57.5 Å². The Morgan fingerprint density at radius 2 is 1.96 bits per heavy atom. The number of fused-ring (bicyclic) bond motifs is 1. The molecular weight excluding hydrogens is 366 g/mol. The summed E-state index contributed by atoms with van der Waals surface area (Å²) in [5.74, 6) is -0.610. The van der Waals surface area contributed by atoms with Gasteiger partial charge in [0.25, 0.3) is 10.0 Å². The highest BCUT2D eigenvalue weighted by molar-refractivity contribution is 7.92. The molecule has 0 unspecified atom stereocenters. The van der Waals surface area contributed by atoms with Crippen LogP contribution in [-0.4, -0.2) is 13.0 Å². The van der Waals surface area contributed by atoms with Gasteiger partial charge in [-0.2, -0.15) is 5.26 Å². The van der Waals surface area contributed by atoms with Crippen molar-refractivity contribution in [2.24, 2.45) is 7.05 Å². The Morgan fingerprint density at radius 1 is 1.28 bits per heavy atom. The molecule has 0 saturated heterocycles. The van der Waals surface area contributed by atoms with Crippen molar-refractivity contribution in [1.29, 1.82) is 5.26 Å². The predicted molar refractivity (Wildman–Crippen MR) is 93.0 cm³/mol. The number of halogens is 1. The van der Waals surface area contributed by atoms with E-state index < -0.39 is 15.8 Å². The summed E-state index contributed by atoms with van der Waals surface area (Å²) in [7, 11) is -2.48. The first-order chi connectivity index (χ1) is 11.8. The van der Waals surface area contributed by atoms with Crippen molar-refractivity contribution >= 4 is 38.4 Å². The van der Waals surface area contributed by atoms with Gasteiger partial charge in [-0.25, -0.2) is 13.2 Å². The lowest BCUT2D eigenvalue weighted by Gasteiger charge is -2.10. The van der Waals surface area contributed by atoms with Gasteiger partial charge >= 0.3 is 5.76 Å². The molecule has 0 fully saturated rings. The highest BCUT2D eigenvalue weighted by Gasteiger charge is 2.21. The second-order valence-corrected chi connectivity index (χ2v) is 7.37. The fraction of sp³-hybridized carbons (Fsp3) is 0.125. The Kier molecular flexibility index (Phi) is 4.29. The molecule has 25 heavy (non-hydrogen) atoms. The lowest BCUT2D eigenvalue weighted by Crippen LogP contribution is -2.13. The molecular formula is C16H12ClN3O4S. The van der Waals surface area contributed by atoms with Gasteiger partial charge in [0.2, 0.25) is 0 Å². The molecule has 0 saturated carbocycles. The molecule has 3 rings (SSSR count). The number of aromatic nitrogens is 1. The van der Waals surface area contributed by atoms with E-state index in [2.05, 4.69) is 4.72 Å². The van der Waals surface area contributed by atoms with Crippen LogP contribution >= 0.6 is 11.6 Å². The minimum atomic E-state index is -3.98. The van der Waals surface area contributed by atoms with Gasteiger partial charge in [-0.3, -0.25) is 9.29 Å². The Bertz CT molecular complexity index is 1160. The number of oxazole rings is 1. The highest BCUT2D eigenvalue weighted by atomic mass is 35.5. The van der Waals surface area contributed by atoms with E-state index in [0.717, 1.165) is 5.56 Å². The van der Waals surface area contributed by atoms with Crippen LogP contribution in [0.25, 0.3) is 11.1 Å². The quantitative estimate of drug-likeness (QED) is 0.752. The van der Waals surface area contributed by atoms with Crippen LogP contribution in [0.2, 0.25) is 5.02 Å². The topological polar surface area (TPSA) is 105 Å². The summed E-state index contributed by atoms with van der Waals surface area (Å²) in [6.07, 6.45) is 0.239. The number of hydrogen-bond donors (Lipinski definition) is 1. The Labute approximate surface area is 148 Å². The molecule has 9 heteroatoms. The number of rotatable bonds is 4. The lowest BCUT2D eigenvalue weighted by atomic mass is 10.1. The number of nitriles is 1. The maximum Gasteiger partial charge on any atom is 0.419 e. The maximum atomic E-state index is 12.6. The summed E-state index contributed by atoms with van der Waals surface area (Å²) in [5.41, 5.74) is 1.62. The molecule has 3 aromatic rings. The number of nitrogens with one attached hydrogen (secondary N) is 1. The average molecular weight is 378 g/mol. The molecule has 1 aromatic heterocycles. The first-order valence-corrected chi connectivity index (χ1v) is 8.96. The Hall–Kier alpha value is -2.76. The zero-order chi connectivity index (χ0) is 18.2. The second-order valence-electron chi connectivity index (χ2n) is 5.31. The largest absolute Gasteiger partial charge is 0.419 e. The van der Waals surface area contributed by atoms with Gasteiger partial charge in [-0.15, -0.1) is 0 Å². The summed E-state index contributed by atoms with van der Waals surface area (Å²) in [5, 5.41) is 8.62. The van der Waals surface area contributed by atoms with E-state index in [-0.39, 0.29) is 21.9 Å². The van der Waals surface area contributed by atoms with Crippen LogP contribution in [0.3, 0.4) is 0 Å². The van der Waals surface area contributed by atoms with Crippen molar-refractivity contribution in [2.45, 2.75) is 11.3 Å². The number of benzene rings is 2. The maximum absolute atomic E-state index is 12.6. The zero-order valence-corrected chi connectivity index (χ0v) is 14.6. The molecule has 7 nitrogen and oxygen atoms in total. The average Bonchev–Trinajstić information content (AvgIpc) is 2.83. The van der Waals surface area contributed by atoms with E-state index in [1.54, 1.807) is 24.3 Å². The molecule has 0 aliphatic carbocycles. The van der Waals surface area contributed by atoms with Crippen LogP contribution in [0.4, 0.5) is 5.69 Å². The zero-order valence-electron chi connectivity index (χ0n) is 13.0. The van der Waals surface area contributed by atoms with Crippen LogP contribution in [0.1, 0.15) is 5.56 Å². The molecule has 0 atom stereocenters. The minimum Gasteiger partial charge on any atom is -0.408 e. The molecule has 128 valence electrons. The Morgan fingerprint density at radius 3 is 2.60 bits per heavy atom. The number of hydrogen-bond acceptors (Lipinski definition) is 5. The molecule has 1 heterocycles. The third-order valence-electron chi connectivity index (χ3n) is 3.62. The van der Waals surface area contributed by atoms with Crippen molar-refractivity contribution < 1.29 is 12.8 Å². The van der Waals surface area contributed by atoms with E-state index >= 15 is 0 Å². The monoisotopic (exact) mass is 377 g/mol. The van der Waals surface area contributed by atoms with Crippen molar-refractivity contribution in [2.75, 3.05) is 4.72 Å². The van der Waals surface area contributed by atoms with Gasteiger partial charge in [0.15, 0.2) is 5.58 Å². The third kappa shape index (κ3) is 3.24. The van der Waals surface area contributed by atoms with E-state index in [0.29, 0.717) is 11.2 Å². The first kappa shape index (κ1) is 17.1. The predicted octanol–water partition coefficient (Wildman–Crippen LogP) is 2.65. The van der Waals surface area contributed by atoms with Crippen molar-refractivity contribution in [3.63, 3.8) is 0 Å². The van der Waals surface area contributed by atoms with Crippen LogP contribution in [0.15, 0.2) is 50.5 Å². The van der Waals surface area contributed by atoms with E-state index in [9.17, 15) is 13.2 Å². The SMILES string of the molecule is Cn1c(=O)oc2cc(S(=O)(=O)Nc3ccc(CC#N)cc3)c(Cl)cc21. The summed E-state index contributed by atoms with van der Waals surface area (Å²) in [6, 6.07) is 11.0. The summed E-state index contributed by atoms with van der Waals surface area (Å²) < 4.78 is 33.8. The molecule has 0 radical (unpaired) electrons. The van der Waals surface area contributed by atoms with Gasteiger partial charge in [-0.05, 0) is 23.8 Å². The van der Waals surface area contributed by atoms with Crippen molar-refractivity contribution in [1.82, 2.24) is 4.57 Å². The lowest BCUT2D eigenvalue weighted by molar-refractivity contribution is 0.527. The smallest absolute Gasteiger partial charge is 0.408 e. The number of aryl methyl sites for hydroxylation is 1. The molecule has 0 aliphatic rings. The van der Waals surface area contributed by atoms with E-state index in [4.69, 9.17) is 21.3 Å². The van der Waals surface area contributed by atoms with Crippen LogP contribution in [-0.2, 0) is 23.5 Å². The van der Waals surface area contributed by atoms with E-state index in [1.165, 1.54) is 23.7 Å². The molecule has 0 bridgehead atoms. The second kappa shape index (κ2) is 6.27. The van der Waals surface area contributed by atoms with Crippen LogP contribution in [0, 0.1) is 11.3 Å². The summed E-state index contributed by atoms with van der Waals surface area (Å²) in [4.78, 5) is 11.4. The third-order valence-corrected chi connectivity index (χ3v) is 5.47. The van der Waals surface area contributed by atoms with Gasteiger partial charge in [0.05, 0.1) is 23.0 Å². The molecule has 0 aliphatic heterocycles. The van der Waals surface area contributed by atoms with Gasteiger partial charge in [0, 0.05) is 18.8 Å². The normalized spacial score (nSPS) is 11.4. The van der Waals surface area contributed by atoms with Crippen LogP contribution in [0.5, 0.6) is 0 Å². The molecule has 1 N–H and O–H groups in total. The van der Waals surface area contributed by atoms with Crippen LogP contribution < -0.4 is 10.5 Å². The fourth-order valence-corrected chi connectivity index (χ4v) is 3.92. The number of sulfonamides is 1. The number of anilines is 1. The molecule has 2 aromatic carbocycles. The minimum absolute atomic E-state index is 0.0301. The van der Waals surface area contributed by atoms with Gasteiger partial charge < -0.3 is 4.42 Å². The van der Waals surface area contributed by atoms with E-state index in [1.807, 2.05) is 6.07 Å². The summed E-state index contributed by atoms with van der Waals surface area (Å²) in [6.45, 7) is 0. The van der Waals surface area contributed by atoms with Crippen molar-refractivity contribution in [3.8, 4) is 6.07 Å². The number of nitrogens with zero attached hydrogens (tertiary/aromatic N) is 2. The first-order valence-electron chi connectivity index (χ1n) is 7.09. The van der Waals surface area contributed by atoms with Gasteiger partial charge in [0.1, 0.15) is 4.90 Å². The molecule has 0 amide bonds. The highest BCUT2D eigenvalue weighted by Crippen LogP contribution is 2.28. The standard InChI is InChI=1S/C16H12ClN3O4S/c1-20-13-8-12(17)15(9-14(13)24-16(20)21)25(22,23)19-11-4-2-10(3-5-11)6-7-18/h2-5,8-9,19H,6H2,1H3. The van der Waals surface area contributed by atoms with Gasteiger partial charge in [-0.1, -0.05) is 23.7 Å².